The molecule has 3 aromatic rings. The molecule has 1 nitrogen and oxygen atoms in total. The molecule has 130 valence electrons. The number of rotatable bonds is 8. The molecule has 0 aromatic heterocycles. The van der Waals surface area contributed by atoms with Gasteiger partial charge in [-0.15, -0.1) is 0 Å². The quantitative estimate of drug-likeness (QED) is 0.494. The summed E-state index contributed by atoms with van der Waals surface area (Å²) in [5.74, 6) is 0. The van der Waals surface area contributed by atoms with Crippen LogP contribution in [0, 0.1) is 0 Å². The summed E-state index contributed by atoms with van der Waals surface area (Å²) in [5, 5.41) is 6.38. The molecule has 25 heavy (non-hydrogen) atoms. The van der Waals surface area contributed by atoms with Gasteiger partial charge in [-0.3, -0.25) is 0 Å². The average Bonchev–Trinajstić information content (AvgIpc) is 2.65. The normalized spacial score (nSPS) is 12.4. The first-order valence-electron chi connectivity index (χ1n) is 9.57. The summed E-state index contributed by atoms with van der Waals surface area (Å²) in [5.41, 5.74) is 4.32. The van der Waals surface area contributed by atoms with E-state index in [0.717, 1.165) is 13.0 Å². The van der Waals surface area contributed by atoms with Crippen LogP contribution in [0.3, 0.4) is 0 Å². The Kier molecular flexibility index (Phi) is 6.25. The van der Waals surface area contributed by atoms with E-state index in [0.29, 0.717) is 6.04 Å². The molecule has 3 rings (SSSR count). The topological polar surface area (TPSA) is 12.0 Å². The molecule has 0 aliphatic rings. The maximum absolute atomic E-state index is 3.70. The molecule has 0 radical (unpaired) electrons. The van der Waals surface area contributed by atoms with Gasteiger partial charge in [0.1, 0.15) is 0 Å². The summed E-state index contributed by atoms with van der Waals surface area (Å²) in [6.45, 7) is 5.55. The van der Waals surface area contributed by atoms with Crippen molar-refractivity contribution in [3.8, 4) is 0 Å². The Morgan fingerprint density at radius 3 is 2.40 bits per heavy atom. The van der Waals surface area contributed by atoms with Gasteiger partial charge in [0.25, 0.3) is 0 Å². The number of benzene rings is 3. The van der Waals surface area contributed by atoms with Gasteiger partial charge in [0.2, 0.25) is 0 Å². The van der Waals surface area contributed by atoms with Crippen LogP contribution < -0.4 is 5.32 Å². The lowest BCUT2D eigenvalue weighted by atomic mass is 9.99. The van der Waals surface area contributed by atoms with Gasteiger partial charge in [-0.2, -0.15) is 0 Å². The molecule has 0 aliphatic heterocycles. The maximum atomic E-state index is 3.70. The summed E-state index contributed by atoms with van der Waals surface area (Å²) in [6.07, 6.45) is 4.72. The van der Waals surface area contributed by atoms with Gasteiger partial charge >= 0.3 is 0 Å². The first-order chi connectivity index (χ1) is 12.3. The summed E-state index contributed by atoms with van der Waals surface area (Å²) in [4.78, 5) is 0. The minimum absolute atomic E-state index is 0.373. The highest BCUT2D eigenvalue weighted by Gasteiger charge is 2.08. The van der Waals surface area contributed by atoms with E-state index in [1.165, 1.54) is 46.7 Å². The molecular weight excluding hydrogens is 302 g/mol. The lowest BCUT2D eigenvalue weighted by molar-refractivity contribution is 0.561. The van der Waals surface area contributed by atoms with E-state index >= 15 is 0 Å². The van der Waals surface area contributed by atoms with E-state index in [-0.39, 0.29) is 0 Å². The fourth-order valence-corrected chi connectivity index (χ4v) is 3.58. The molecule has 0 bridgehead atoms. The summed E-state index contributed by atoms with van der Waals surface area (Å²) < 4.78 is 0. The summed E-state index contributed by atoms with van der Waals surface area (Å²) >= 11 is 0. The SMILES string of the molecule is CCCc1cccc(CCCN[C@H](C)c2cccc3ccccc23)c1. The van der Waals surface area contributed by atoms with Gasteiger partial charge < -0.3 is 5.32 Å². The van der Waals surface area contributed by atoms with Crippen molar-refractivity contribution in [1.82, 2.24) is 5.32 Å². The summed E-state index contributed by atoms with van der Waals surface area (Å²) in [7, 11) is 0. The van der Waals surface area contributed by atoms with E-state index in [2.05, 4.69) is 85.9 Å². The maximum Gasteiger partial charge on any atom is 0.0297 e. The van der Waals surface area contributed by atoms with Crippen molar-refractivity contribution in [3.63, 3.8) is 0 Å². The van der Waals surface area contributed by atoms with Gasteiger partial charge in [-0.05, 0) is 60.2 Å². The minimum Gasteiger partial charge on any atom is -0.310 e. The molecule has 0 fully saturated rings. The van der Waals surface area contributed by atoms with Crippen molar-refractivity contribution in [2.75, 3.05) is 6.54 Å². The molecule has 3 aromatic carbocycles. The molecule has 0 spiro atoms. The van der Waals surface area contributed by atoms with Gasteiger partial charge in [-0.1, -0.05) is 80.1 Å². The Labute approximate surface area is 152 Å². The number of hydrogen-bond acceptors (Lipinski definition) is 1. The third-order valence-corrected chi connectivity index (χ3v) is 4.91. The van der Waals surface area contributed by atoms with E-state index in [1.54, 1.807) is 0 Å². The van der Waals surface area contributed by atoms with Crippen LogP contribution in [0.4, 0.5) is 0 Å². The standard InChI is InChI=1S/C24H29N/c1-3-9-20-10-6-11-21(18-20)12-8-17-25-19(2)23-16-7-14-22-13-4-5-15-24(22)23/h4-7,10-11,13-16,18-19,25H,3,8-9,12,17H2,1-2H3/t19-/m1/s1. The van der Waals surface area contributed by atoms with Crippen molar-refractivity contribution >= 4 is 10.8 Å². The second kappa shape index (κ2) is 8.82. The zero-order valence-electron chi connectivity index (χ0n) is 15.5. The molecular formula is C24H29N. The lowest BCUT2D eigenvalue weighted by Crippen LogP contribution is -2.20. The number of fused-ring (bicyclic) bond motifs is 1. The Balaban J connectivity index is 1.54. The Morgan fingerprint density at radius 2 is 1.56 bits per heavy atom. The second-order valence-corrected chi connectivity index (χ2v) is 6.92. The smallest absolute Gasteiger partial charge is 0.0297 e. The molecule has 0 heterocycles. The predicted molar refractivity (Wildman–Crippen MR) is 109 cm³/mol. The fourth-order valence-electron chi connectivity index (χ4n) is 3.58. The van der Waals surface area contributed by atoms with E-state index < -0.39 is 0 Å². The van der Waals surface area contributed by atoms with Crippen LogP contribution in [-0.2, 0) is 12.8 Å². The van der Waals surface area contributed by atoms with Crippen molar-refractivity contribution < 1.29 is 0 Å². The molecule has 0 amide bonds. The van der Waals surface area contributed by atoms with Crippen LogP contribution in [0.25, 0.3) is 10.8 Å². The highest BCUT2D eigenvalue weighted by molar-refractivity contribution is 5.86. The van der Waals surface area contributed by atoms with E-state index in [4.69, 9.17) is 0 Å². The van der Waals surface area contributed by atoms with Crippen LogP contribution in [-0.4, -0.2) is 6.54 Å². The fraction of sp³-hybridized carbons (Fsp3) is 0.333. The van der Waals surface area contributed by atoms with Crippen LogP contribution in [0.2, 0.25) is 0 Å². The van der Waals surface area contributed by atoms with E-state index in [1.807, 2.05) is 0 Å². The Bertz CT molecular complexity index is 801. The predicted octanol–water partition coefficient (Wildman–Crippen LogP) is 6.08. The van der Waals surface area contributed by atoms with Crippen LogP contribution in [0.1, 0.15) is 49.4 Å². The van der Waals surface area contributed by atoms with Gasteiger partial charge in [0.15, 0.2) is 0 Å². The molecule has 1 heteroatoms. The zero-order valence-corrected chi connectivity index (χ0v) is 15.5. The van der Waals surface area contributed by atoms with Crippen molar-refractivity contribution in [2.24, 2.45) is 0 Å². The zero-order chi connectivity index (χ0) is 17.5. The largest absolute Gasteiger partial charge is 0.310 e. The van der Waals surface area contributed by atoms with Gasteiger partial charge in [0.05, 0.1) is 0 Å². The molecule has 0 saturated heterocycles. The van der Waals surface area contributed by atoms with E-state index in [9.17, 15) is 0 Å². The first kappa shape index (κ1) is 17.7. The van der Waals surface area contributed by atoms with Crippen molar-refractivity contribution in [2.45, 2.75) is 45.6 Å². The average molecular weight is 332 g/mol. The van der Waals surface area contributed by atoms with Crippen molar-refractivity contribution in [3.05, 3.63) is 83.4 Å². The molecule has 0 aliphatic carbocycles. The monoisotopic (exact) mass is 331 g/mol. The number of nitrogens with one attached hydrogen (secondary N) is 1. The first-order valence-corrected chi connectivity index (χ1v) is 9.57. The van der Waals surface area contributed by atoms with Crippen LogP contribution >= 0.6 is 0 Å². The number of aryl methyl sites for hydroxylation is 2. The Hall–Kier alpha value is -2.12. The molecule has 0 unspecified atom stereocenters. The third-order valence-electron chi connectivity index (χ3n) is 4.91. The molecule has 0 saturated carbocycles. The summed E-state index contributed by atoms with van der Waals surface area (Å²) in [6, 6.07) is 24.7. The van der Waals surface area contributed by atoms with Crippen LogP contribution in [0.15, 0.2) is 66.7 Å². The lowest BCUT2D eigenvalue weighted by Gasteiger charge is -2.16. The minimum atomic E-state index is 0.373. The highest BCUT2D eigenvalue weighted by Crippen LogP contribution is 2.24. The highest BCUT2D eigenvalue weighted by atomic mass is 14.9. The second-order valence-electron chi connectivity index (χ2n) is 6.92. The van der Waals surface area contributed by atoms with Crippen LogP contribution in [0.5, 0.6) is 0 Å². The molecule has 1 N–H and O–H groups in total. The van der Waals surface area contributed by atoms with Gasteiger partial charge in [-0.25, -0.2) is 0 Å². The van der Waals surface area contributed by atoms with Gasteiger partial charge in [0, 0.05) is 6.04 Å². The molecule has 1 atom stereocenters. The number of hydrogen-bond donors (Lipinski definition) is 1. The third kappa shape index (κ3) is 4.70. The Morgan fingerprint density at radius 1 is 0.840 bits per heavy atom. The van der Waals surface area contributed by atoms with Crippen molar-refractivity contribution in [1.29, 1.82) is 0 Å².